The summed E-state index contributed by atoms with van der Waals surface area (Å²) < 4.78 is 13.6. The lowest BCUT2D eigenvalue weighted by molar-refractivity contribution is -0.128. The summed E-state index contributed by atoms with van der Waals surface area (Å²) in [7, 11) is 0. The summed E-state index contributed by atoms with van der Waals surface area (Å²) in [5, 5.41) is 11.6. The molecule has 1 fully saturated rings. The lowest BCUT2D eigenvalue weighted by atomic mass is 9.63. The van der Waals surface area contributed by atoms with Crippen LogP contribution in [0.1, 0.15) is 25.3 Å². The SMILES string of the molecule is Cc1ccc(NC(=O)C2(C#N)CC(C)C2)c(F)c1. The second kappa shape index (κ2) is 4.41. The van der Waals surface area contributed by atoms with Crippen LogP contribution in [-0.2, 0) is 4.79 Å². The van der Waals surface area contributed by atoms with E-state index in [0.717, 1.165) is 5.56 Å². The fraction of sp³-hybridized carbons (Fsp3) is 0.429. The molecule has 1 N–H and O–H groups in total. The molecule has 0 aliphatic heterocycles. The predicted molar refractivity (Wildman–Crippen MR) is 66.2 cm³/mol. The van der Waals surface area contributed by atoms with E-state index in [1.54, 1.807) is 13.0 Å². The molecule has 0 atom stereocenters. The van der Waals surface area contributed by atoms with Crippen LogP contribution in [0.4, 0.5) is 10.1 Å². The molecule has 1 aliphatic rings. The number of nitriles is 1. The summed E-state index contributed by atoms with van der Waals surface area (Å²) >= 11 is 0. The number of hydrogen-bond acceptors (Lipinski definition) is 2. The minimum atomic E-state index is -0.975. The average Bonchev–Trinajstić information content (AvgIpc) is 2.28. The van der Waals surface area contributed by atoms with Gasteiger partial charge in [0, 0.05) is 0 Å². The van der Waals surface area contributed by atoms with Crippen molar-refractivity contribution in [3.05, 3.63) is 29.6 Å². The standard InChI is InChI=1S/C14H15FN2O/c1-9-3-4-12(11(15)5-9)17-13(18)14(8-16)6-10(2)7-14/h3-5,10H,6-7H2,1-2H3,(H,17,18). The van der Waals surface area contributed by atoms with Crippen molar-refractivity contribution in [1.29, 1.82) is 5.26 Å². The normalized spacial score (nSPS) is 26.0. The van der Waals surface area contributed by atoms with Gasteiger partial charge in [-0.3, -0.25) is 4.79 Å². The number of aryl methyl sites for hydroxylation is 1. The molecule has 1 aromatic carbocycles. The monoisotopic (exact) mass is 246 g/mol. The van der Waals surface area contributed by atoms with Crippen LogP contribution in [0.5, 0.6) is 0 Å². The van der Waals surface area contributed by atoms with E-state index in [4.69, 9.17) is 5.26 Å². The Morgan fingerprint density at radius 2 is 2.22 bits per heavy atom. The molecule has 1 amide bonds. The van der Waals surface area contributed by atoms with E-state index in [0.29, 0.717) is 18.8 Å². The van der Waals surface area contributed by atoms with Crippen LogP contribution in [-0.4, -0.2) is 5.91 Å². The van der Waals surface area contributed by atoms with Crippen molar-refractivity contribution in [2.75, 3.05) is 5.32 Å². The zero-order valence-corrected chi connectivity index (χ0v) is 10.5. The van der Waals surface area contributed by atoms with E-state index >= 15 is 0 Å². The first kappa shape index (κ1) is 12.6. The molecular weight excluding hydrogens is 231 g/mol. The Labute approximate surface area is 106 Å². The highest BCUT2D eigenvalue weighted by molar-refractivity contribution is 5.98. The van der Waals surface area contributed by atoms with E-state index in [1.165, 1.54) is 12.1 Å². The summed E-state index contributed by atoms with van der Waals surface area (Å²) in [6.45, 7) is 3.77. The van der Waals surface area contributed by atoms with E-state index in [9.17, 15) is 9.18 Å². The second-order valence-electron chi connectivity index (χ2n) is 5.14. The lowest BCUT2D eigenvalue weighted by Gasteiger charge is -2.39. The van der Waals surface area contributed by atoms with Crippen molar-refractivity contribution in [3.8, 4) is 6.07 Å². The Hall–Kier alpha value is -1.89. The molecule has 0 heterocycles. The third-order valence-corrected chi connectivity index (χ3v) is 3.42. The number of rotatable bonds is 2. The highest BCUT2D eigenvalue weighted by Crippen LogP contribution is 2.45. The maximum Gasteiger partial charge on any atom is 0.244 e. The number of nitrogens with zero attached hydrogens (tertiary/aromatic N) is 1. The Kier molecular flexibility index (Phi) is 3.08. The minimum Gasteiger partial charge on any atom is -0.322 e. The molecule has 0 saturated heterocycles. The number of halogens is 1. The second-order valence-corrected chi connectivity index (χ2v) is 5.14. The van der Waals surface area contributed by atoms with Gasteiger partial charge in [0.2, 0.25) is 5.91 Å². The molecule has 3 nitrogen and oxygen atoms in total. The first-order chi connectivity index (χ1) is 8.47. The first-order valence-corrected chi connectivity index (χ1v) is 5.96. The first-order valence-electron chi connectivity index (χ1n) is 5.96. The van der Waals surface area contributed by atoms with Crippen LogP contribution in [0.15, 0.2) is 18.2 Å². The summed E-state index contributed by atoms with van der Waals surface area (Å²) in [5.41, 5.74) is -0.0472. The van der Waals surface area contributed by atoms with E-state index in [2.05, 4.69) is 11.4 Å². The Morgan fingerprint density at radius 1 is 1.56 bits per heavy atom. The molecule has 4 heteroatoms. The third kappa shape index (κ3) is 2.08. The van der Waals surface area contributed by atoms with Crippen LogP contribution in [0, 0.1) is 35.4 Å². The summed E-state index contributed by atoms with van der Waals surface area (Å²) in [6, 6.07) is 6.67. The number of carbonyl (C=O) groups is 1. The zero-order chi connectivity index (χ0) is 13.3. The Morgan fingerprint density at radius 3 is 2.72 bits per heavy atom. The number of carbonyl (C=O) groups excluding carboxylic acids is 1. The molecule has 0 spiro atoms. The smallest absolute Gasteiger partial charge is 0.244 e. The number of anilines is 1. The summed E-state index contributed by atoms with van der Waals surface area (Å²) in [4.78, 5) is 12.0. The highest BCUT2D eigenvalue weighted by Gasteiger charge is 2.49. The molecule has 94 valence electrons. The molecule has 1 aliphatic carbocycles. The average molecular weight is 246 g/mol. The van der Waals surface area contributed by atoms with Gasteiger partial charge in [-0.15, -0.1) is 0 Å². The van der Waals surface area contributed by atoms with Crippen LogP contribution >= 0.6 is 0 Å². The van der Waals surface area contributed by atoms with Crippen molar-refractivity contribution in [2.45, 2.75) is 26.7 Å². The zero-order valence-electron chi connectivity index (χ0n) is 10.5. The molecular formula is C14H15FN2O. The van der Waals surface area contributed by atoms with Gasteiger partial charge in [-0.1, -0.05) is 13.0 Å². The van der Waals surface area contributed by atoms with Gasteiger partial charge in [-0.2, -0.15) is 5.26 Å². The molecule has 2 rings (SSSR count). The van der Waals surface area contributed by atoms with Gasteiger partial charge < -0.3 is 5.32 Å². The van der Waals surface area contributed by atoms with Crippen molar-refractivity contribution in [2.24, 2.45) is 11.3 Å². The maximum absolute atomic E-state index is 13.6. The van der Waals surface area contributed by atoms with Gasteiger partial charge in [0.25, 0.3) is 0 Å². The number of hydrogen-bond donors (Lipinski definition) is 1. The highest BCUT2D eigenvalue weighted by atomic mass is 19.1. The van der Waals surface area contributed by atoms with Gasteiger partial charge in [-0.25, -0.2) is 4.39 Å². The quantitative estimate of drug-likeness (QED) is 0.872. The molecule has 0 bridgehead atoms. The summed E-state index contributed by atoms with van der Waals surface area (Å²) in [6.07, 6.45) is 1.09. The third-order valence-electron chi connectivity index (χ3n) is 3.42. The largest absolute Gasteiger partial charge is 0.322 e. The fourth-order valence-electron chi connectivity index (χ4n) is 2.42. The number of nitrogens with one attached hydrogen (secondary N) is 1. The topological polar surface area (TPSA) is 52.9 Å². The maximum atomic E-state index is 13.6. The van der Waals surface area contributed by atoms with Crippen LogP contribution in [0.25, 0.3) is 0 Å². The molecule has 1 aromatic rings. The van der Waals surface area contributed by atoms with Crippen LogP contribution < -0.4 is 5.32 Å². The number of benzene rings is 1. The summed E-state index contributed by atoms with van der Waals surface area (Å²) in [5.74, 6) is -0.493. The molecule has 18 heavy (non-hydrogen) atoms. The van der Waals surface area contributed by atoms with Gasteiger partial charge in [0.15, 0.2) is 0 Å². The predicted octanol–water partition coefficient (Wildman–Crippen LogP) is 3.01. The van der Waals surface area contributed by atoms with Crippen molar-refractivity contribution >= 4 is 11.6 Å². The van der Waals surface area contributed by atoms with E-state index in [-0.39, 0.29) is 5.69 Å². The van der Waals surface area contributed by atoms with E-state index < -0.39 is 17.1 Å². The molecule has 0 radical (unpaired) electrons. The molecule has 0 unspecified atom stereocenters. The van der Waals surface area contributed by atoms with Crippen molar-refractivity contribution in [3.63, 3.8) is 0 Å². The van der Waals surface area contributed by atoms with Gasteiger partial charge >= 0.3 is 0 Å². The molecule has 0 aromatic heterocycles. The number of amides is 1. The minimum absolute atomic E-state index is 0.139. The molecule has 1 saturated carbocycles. The Bertz CT molecular complexity index is 527. The van der Waals surface area contributed by atoms with Gasteiger partial charge in [-0.05, 0) is 43.4 Å². The van der Waals surface area contributed by atoms with Crippen molar-refractivity contribution in [1.82, 2.24) is 0 Å². The van der Waals surface area contributed by atoms with Gasteiger partial charge in [0.05, 0.1) is 11.8 Å². The van der Waals surface area contributed by atoms with Crippen LogP contribution in [0.3, 0.4) is 0 Å². The lowest BCUT2D eigenvalue weighted by Crippen LogP contribution is -2.45. The van der Waals surface area contributed by atoms with Crippen LogP contribution in [0.2, 0.25) is 0 Å². The van der Waals surface area contributed by atoms with E-state index in [1.807, 2.05) is 6.92 Å². The Balaban J connectivity index is 2.15. The fourth-order valence-corrected chi connectivity index (χ4v) is 2.42. The van der Waals surface area contributed by atoms with Crippen molar-refractivity contribution < 1.29 is 9.18 Å². The van der Waals surface area contributed by atoms with Gasteiger partial charge in [0.1, 0.15) is 11.2 Å².